The maximum atomic E-state index is 11.5. The van der Waals surface area contributed by atoms with E-state index in [0.717, 1.165) is 18.8 Å². The Bertz CT molecular complexity index is 276. The van der Waals surface area contributed by atoms with E-state index in [9.17, 15) is 9.59 Å². The molecule has 0 unspecified atom stereocenters. The SMILES string of the molecule is CCCC1CCC(NC(=O)NC(=O)CCCl)CC1. The Hall–Kier alpha value is -0.770. The van der Waals surface area contributed by atoms with Crippen LogP contribution in [0, 0.1) is 5.92 Å². The third-order valence-electron chi connectivity index (χ3n) is 3.45. The first kappa shape index (κ1) is 15.3. The molecular formula is C13H23ClN2O2. The lowest BCUT2D eigenvalue weighted by molar-refractivity contribution is -0.119. The lowest BCUT2D eigenvalue weighted by Gasteiger charge is -2.28. The van der Waals surface area contributed by atoms with Gasteiger partial charge in [-0.2, -0.15) is 0 Å². The summed E-state index contributed by atoms with van der Waals surface area (Å²) in [5, 5.41) is 5.15. The average molecular weight is 275 g/mol. The van der Waals surface area contributed by atoms with Gasteiger partial charge in [-0.25, -0.2) is 4.79 Å². The summed E-state index contributed by atoms with van der Waals surface area (Å²) < 4.78 is 0. The third kappa shape index (κ3) is 5.71. The molecular weight excluding hydrogens is 252 g/mol. The number of hydrogen-bond acceptors (Lipinski definition) is 2. The van der Waals surface area contributed by atoms with Crippen molar-refractivity contribution >= 4 is 23.5 Å². The van der Waals surface area contributed by atoms with Gasteiger partial charge in [0.15, 0.2) is 0 Å². The van der Waals surface area contributed by atoms with Crippen molar-refractivity contribution in [3.05, 3.63) is 0 Å². The molecule has 1 rings (SSSR count). The van der Waals surface area contributed by atoms with Crippen LogP contribution in [-0.2, 0) is 4.79 Å². The van der Waals surface area contributed by atoms with Crippen molar-refractivity contribution in [3.8, 4) is 0 Å². The van der Waals surface area contributed by atoms with E-state index in [1.54, 1.807) is 0 Å². The molecule has 0 heterocycles. The van der Waals surface area contributed by atoms with Crippen LogP contribution in [0.5, 0.6) is 0 Å². The summed E-state index contributed by atoms with van der Waals surface area (Å²) in [7, 11) is 0. The summed E-state index contributed by atoms with van der Waals surface area (Å²) in [6.07, 6.45) is 7.08. The van der Waals surface area contributed by atoms with E-state index in [-0.39, 0.29) is 30.3 Å². The Kier molecular flexibility index (Phi) is 7.09. The highest BCUT2D eigenvalue weighted by Crippen LogP contribution is 2.27. The molecule has 0 aromatic rings. The average Bonchev–Trinajstić information content (AvgIpc) is 2.32. The molecule has 2 N–H and O–H groups in total. The van der Waals surface area contributed by atoms with Crippen LogP contribution in [-0.4, -0.2) is 23.9 Å². The van der Waals surface area contributed by atoms with Gasteiger partial charge in [-0.05, 0) is 31.6 Å². The number of carbonyl (C=O) groups excluding carboxylic acids is 2. The van der Waals surface area contributed by atoms with Crippen molar-refractivity contribution in [2.45, 2.75) is 57.9 Å². The maximum Gasteiger partial charge on any atom is 0.321 e. The molecule has 0 bridgehead atoms. The molecule has 4 nitrogen and oxygen atoms in total. The second kappa shape index (κ2) is 8.35. The van der Waals surface area contributed by atoms with Crippen molar-refractivity contribution in [2.24, 2.45) is 5.92 Å². The Morgan fingerprint density at radius 3 is 2.44 bits per heavy atom. The first-order valence-corrected chi connectivity index (χ1v) is 7.35. The number of alkyl halides is 1. The normalized spacial score (nSPS) is 23.4. The van der Waals surface area contributed by atoms with Gasteiger partial charge >= 0.3 is 6.03 Å². The lowest BCUT2D eigenvalue weighted by atomic mass is 9.83. The number of rotatable bonds is 5. The van der Waals surface area contributed by atoms with Gasteiger partial charge in [0.2, 0.25) is 5.91 Å². The molecule has 0 atom stereocenters. The highest BCUT2D eigenvalue weighted by molar-refractivity contribution is 6.19. The number of imide groups is 1. The topological polar surface area (TPSA) is 58.2 Å². The van der Waals surface area contributed by atoms with Crippen LogP contribution in [0.15, 0.2) is 0 Å². The summed E-state index contributed by atoms with van der Waals surface area (Å²) in [5.41, 5.74) is 0. The number of amides is 3. The molecule has 0 spiro atoms. The molecule has 0 saturated heterocycles. The molecule has 1 aliphatic carbocycles. The first-order valence-electron chi connectivity index (χ1n) is 6.82. The fourth-order valence-electron chi connectivity index (χ4n) is 2.50. The van der Waals surface area contributed by atoms with Crippen LogP contribution in [0.2, 0.25) is 0 Å². The minimum absolute atomic E-state index is 0.179. The quantitative estimate of drug-likeness (QED) is 0.758. The summed E-state index contributed by atoms with van der Waals surface area (Å²) in [6, 6.07) is -0.175. The smallest absolute Gasteiger partial charge is 0.321 e. The van der Waals surface area contributed by atoms with Gasteiger partial charge in [0, 0.05) is 18.3 Å². The summed E-state index contributed by atoms with van der Waals surface area (Å²) in [4.78, 5) is 22.7. The second-order valence-electron chi connectivity index (χ2n) is 4.97. The zero-order valence-electron chi connectivity index (χ0n) is 11.0. The van der Waals surface area contributed by atoms with Crippen LogP contribution in [0.3, 0.4) is 0 Å². The van der Waals surface area contributed by atoms with Crippen molar-refractivity contribution < 1.29 is 9.59 Å². The lowest BCUT2D eigenvalue weighted by Crippen LogP contribution is -2.45. The molecule has 18 heavy (non-hydrogen) atoms. The predicted octanol–water partition coefficient (Wildman–Crippen LogP) is 2.80. The Labute approximate surface area is 114 Å². The maximum absolute atomic E-state index is 11.5. The number of nitrogens with one attached hydrogen (secondary N) is 2. The van der Waals surface area contributed by atoms with Crippen LogP contribution in [0.1, 0.15) is 51.9 Å². The molecule has 0 aromatic carbocycles. The summed E-state index contributed by atoms with van der Waals surface area (Å²) in [5.74, 6) is 0.734. The van der Waals surface area contributed by atoms with E-state index in [1.807, 2.05) is 0 Å². The van der Waals surface area contributed by atoms with Gasteiger partial charge in [0.05, 0.1) is 0 Å². The molecule has 1 fully saturated rings. The van der Waals surface area contributed by atoms with E-state index in [1.165, 1.54) is 25.7 Å². The Balaban J connectivity index is 2.20. The van der Waals surface area contributed by atoms with E-state index in [2.05, 4.69) is 17.6 Å². The van der Waals surface area contributed by atoms with Crippen LogP contribution in [0.4, 0.5) is 4.79 Å². The fraction of sp³-hybridized carbons (Fsp3) is 0.846. The van der Waals surface area contributed by atoms with Crippen molar-refractivity contribution in [3.63, 3.8) is 0 Å². The van der Waals surface area contributed by atoms with Crippen LogP contribution in [0.25, 0.3) is 0 Å². The molecule has 0 radical (unpaired) electrons. The van der Waals surface area contributed by atoms with Crippen molar-refractivity contribution in [2.75, 3.05) is 5.88 Å². The van der Waals surface area contributed by atoms with Gasteiger partial charge in [-0.3, -0.25) is 10.1 Å². The minimum atomic E-state index is -0.385. The molecule has 1 saturated carbocycles. The highest BCUT2D eigenvalue weighted by atomic mass is 35.5. The molecule has 3 amide bonds. The van der Waals surface area contributed by atoms with Gasteiger partial charge in [-0.1, -0.05) is 19.8 Å². The van der Waals surface area contributed by atoms with Crippen LogP contribution >= 0.6 is 11.6 Å². The zero-order valence-corrected chi connectivity index (χ0v) is 11.8. The van der Waals surface area contributed by atoms with E-state index in [4.69, 9.17) is 11.6 Å². The van der Waals surface area contributed by atoms with Crippen molar-refractivity contribution in [1.82, 2.24) is 10.6 Å². The van der Waals surface area contributed by atoms with E-state index >= 15 is 0 Å². The minimum Gasteiger partial charge on any atom is -0.335 e. The van der Waals surface area contributed by atoms with Crippen molar-refractivity contribution in [1.29, 1.82) is 0 Å². The molecule has 5 heteroatoms. The fourth-order valence-corrected chi connectivity index (χ4v) is 2.67. The van der Waals surface area contributed by atoms with Gasteiger partial charge in [-0.15, -0.1) is 11.6 Å². The molecule has 104 valence electrons. The van der Waals surface area contributed by atoms with E-state index < -0.39 is 0 Å². The number of halogens is 1. The standard InChI is InChI=1S/C13H23ClN2O2/c1-2-3-10-4-6-11(7-5-10)15-13(18)16-12(17)8-9-14/h10-11H,2-9H2,1H3,(H2,15,16,17,18). The molecule has 0 aliphatic heterocycles. The second-order valence-corrected chi connectivity index (χ2v) is 5.34. The van der Waals surface area contributed by atoms with Crippen LogP contribution < -0.4 is 10.6 Å². The number of urea groups is 1. The number of carbonyl (C=O) groups is 2. The largest absolute Gasteiger partial charge is 0.335 e. The summed E-state index contributed by atoms with van der Waals surface area (Å²) >= 11 is 5.42. The monoisotopic (exact) mass is 274 g/mol. The highest BCUT2D eigenvalue weighted by Gasteiger charge is 2.22. The van der Waals surface area contributed by atoms with Gasteiger partial charge in [0.1, 0.15) is 0 Å². The van der Waals surface area contributed by atoms with Gasteiger partial charge < -0.3 is 5.32 Å². The zero-order chi connectivity index (χ0) is 13.4. The molecule has 0 aromatic heterocycles. The Morgan fingerprint density at radius 2 is 1.89 bits per heavy atom. The predicted molar refractivity (Wildman–Crippen MR) is 72.7 cm³/mol. The van der Waals surface area contributed by atoms with E-state index in [0.29, 0.717) is 0 Å². The summed E-state index contributed by atoms with van der Waals surface area (Å²) in [6.45, 7) is 2.21. The van der Waals surface area contributed by atoms with Gasteiger partial charge in [0.25, 0.3) is 0 Å². The first-order chi connectivity index (χ1) is 8.65. The number of hydrogen-bond donors (Lipinski definition) is 2. The molecule has 1 aliphatic rings. The Morgan fingerprint density at radius 1 is 1.22 bits per heavy atom. The third-order valence-corrected chi connectivity index (χ3v) is 3.64.